The van der Waals surface area contributed by atoms with Crippen LogP contribution in [0.5, 0.6) is 0 Å². The van der Waals surface area contributed by atoms with E-state index < -0.39 is 0 Å². The van der Waals surface area contributed by atoms with Gasteiger partial charge < -0.3 is 4.90 Å². The lowest BCUT2D eigenvalue weighted by molar-refractivity contribution is 0.518. The van der Waals surface area contributed by atoms with Crippen LogP contribution in [0.15, 0.2) is 12.1 Å². The number of hydrogen-bond acceptors (Lipinski definition) is 3. The summed E-state index contributed by atoms with van der Waals surface area (Å²) in [6.45, 7) is 16.6. The summed E-state index contributed by atoms with van der Waals surface area (Å²) < 4.78 is 2.16. The average Bonchev–Trinajstić information content (AvgIpc) is 2.98. The molecule has 4 rings (SSSR count). The van der Waals surface area contributed by atoms with E-state index in [1.807, 2.05) is 0 Å². The fourth-order valence-electron chi connectivity index (χ4n) is 5.35. The Morgan fingerprint density at radius 2 is 1.59 bits per heavy atom. The topological polar surface area (TPSA) is 33.4 Å². The molecule has 3 aromatic rings. The Balaban J connectivity index is 2.04. The number of nitrogens with zero attached hydrogens (tertiary/aromatic N) is 4. The molecule has 0 saturated carbocycles. The summed E-state index contributed by atoms with van der Waals surface area (Å²) in [6, 6.07) is 5.09. The number of hydrogen-bond donors (Lipinski definition) is 0. The highest BCUT2D eigenvalue weighted by Crippen LogP contribution is 2.38. The molecule has 0 fully saturated rings. The Bertz CT molecular complexity index is 1050. The first-order valence-electron chi connectivity index (χ1n) is 11.1. The maximum absolute atomic E-state index is 5.11. The highest BCUT2D eigenvalue weighted by molar-refractivity contribution is 5.85. The number of benzene rings is 1. The highest BCUT2D eigenvalue weighted by Gasteiger charge is 2.29. The van der Waals surface area contributed by atoms with Crippen molar-refractivity contribution < 1.29 is 0 Å². The molecule has 4 heteroatoms. The van der Waals surface area contributed by atoms with E-state index in [1.54, 1.807) is 0 Å². The standard InChI is InChI=1S/C25H34N4/c1-8-20(9-2)28-12-10-11-21-18(6)26-24-23(19(7)27-29(24)25(21)28)22-16(4)13-15(3)14-17(22)5/h13-14,20H,8-12H2,1-7H3. The van der Waals surface area contributed by atoms with Gasteiger partial charge in [0.05, 0.1) is 11.3 Å². The van der Waals surface area contributed by atoms with E-state index in [2.05, 4.69) is 70.0 Å². The number of aryl methyl sites for hydroxylation is 5. The van der Waals surface area contributed by atoms with Crippen molar-refractivity contribution in [1.82, 2.24) is 14.6 Å². The highest BCUT2D eigenvalue weighted by atomic mass is 15.4. The molecule has 0 amide bonds. The number of rotatable bonds is 4. The lowest BCUT2D eigenvalue weighted by Gasteiger charge is -2.37. The van der Waals surface area contributed by atoms with Crippen LogP contribution in [0.4, 0.5) is 5.82 Å². The van der Waals surface area contributed by atoms with Gasteiger partial charge in [0.15, 0.2) is 5.65 Å². The summed E-state index contributed by atoms with van der Waals surface area (Å²) in [7, 11) is 0. The van der Waals surface area contributed by atoms with Crippen molar-refractivity contribution in [2.45, 2.75) is 80.2 Å². The van der Waals surface area contributed by atoms with Crippen LogP contribution in [-0.2, 0) is 6.42 Å². The van der Waals surface area contributed by atoms with E-state index in [0.717, 1.165) is 42.8 Å². The molecule has 4 nitrogen and oxygen atoms in total. The molecule has 154 valence electrons. The molecule has 2 aromatic heterocycles. The molecule has 0 atom stereocenters. The minimum absolute atomic E-state index is 0.551. The molecule has 0 spiro atoms. The van der Waals surface area contributed by atoms with E-state index in [9.17, 15) is 0 Å². The van der Waals surface area contributed by atoms with Gasteiger partial charge in [0.2, 0.25) is 0 Å². The van der Waals surface area contributed by atoms with Crippen LogP contribution >= 0.6 is 0 Å². The second-order valence-electron chi connectivity index (χ2n) is 8.74. The number of anilines is 1. The van der Waals surface area contributed by atoms with Crippen molar-refractivity contribution in [2.24, 2.45) is 0 Å². The average molecular weight is 391 g/mol. The summed E-state index contributed by atoms with van der Waals surface area (Å²) in [5.41, 5.74) is 11.0. The van der Waals surface area contributed by atoms with Gasteiger partial charge in [-0.2, -0.15) is 9.61 Å². The Kier molecular flexibility index (Phi) is 5.14. The second kappa shape index (κ2) is 7.47. The molecule has 0 radical (unpaired) electrons. The van der Waals surface area contributed by atoms with Crippen LogP contribution in [0, 0.1) is 34.6 Å². The molecule has 3 heterocycles. The van der Waals surface area contributed by atoms with Gasteiger partial charge in [-0.25, -0.2) is 4.98 Å². The number of fused-ring (bicyclic) bond motifs is 3. The van der Waals surface area contributed by atoms with E-state index >= 15 is 0 Å². The third kappa shape index (κ3) is 3.13. The smallest absolute Gasteiger partial charge is 0.165 e. The van der Waals surface area contributed by atoms with E-state index in [4.69, 9.17) is 10.1 Å². The number of aromatic nitrogens is 3. The van der Waals surface area contributed by atoms with Crippen molar-refractivity contribution in [1.29, 1.82) is 0 Å². The molecule has 1 aliphatic rings. The third-order valence-corrected chi connectivity index (χ3v) is 6.63. The zero-order valence-electron chi connectivity index (χ0n) is 19.1. The summed E-state index contributed by atoms with van der Waals surface area (Å²) in [4.78, 5) is 7.71. The predicted octanol–water partition coefficient (Wildman–Crippen LogP) is 5.88. The normalized spacial score (nSPS) is 14.1. The molecule has 1 aromatic carbocycles. The van der Waals surface area contributed by atoms with Gasteiger partial charge in [-0.05, 0) is 77.0 Å². The zero-order valence-corrected chi connectivity index (χ0v) is 19.1. The zero-order chi connectivity index (χ0) is 20.9. The third-order valence-electron chi connectivity index (χ3n) is 6.63. The van der Waals surface area contributed by atoms with E-state index in [1.165, 1.54) is 45.6 Å². The van der Waals surface area contributed by atoms with Crippen LogP contribution in [0.2, 0.25) is 0 Å². The summed E-state index contributed by atoms with van der Waals surface area (Å²) in [5, 5.41) is 5.06. The Hall–Kier alpha value is -2.36. The Morgan fingerprint density at radius 3 is 2.21 bits per heavy atom. The molecule has 1 aliphatic heterocycles. The summed E-state index contributed by atoms with van der Waals surface area (Å²) >= 11 is 0. The summed E-state index contributed by atoms with van der Waals surface area (Å²) in [6.07, 6.45) is 4.60. The first-order valence-corrected chi connectivity index (χ1v) is 11.1. The van der Waals surface area contributed by atoms with Gasteiger partial charge in [-0.15, -0.1) is 0 Å². The first-order chi connectivity index (χ1) is 13.9. The van der Waals surface area contributed by atoms with Gasteiger partial charge >= 0.3 is 0 Å². The van der Waals surface area contributed by atoms with Crippen LogP contribution in [0.1, 0.15) is 66.8 Å². The van der Waals surface area contributed by atoms with Crippen LogP contribution in [0.3, 0.4) is 0 Å². The van der Waals surface area contributed by atoms with Crippen molar-refractivity contribution in [2.75, 3.05) is 11.4 Å². The molecule has 0 saturated heterocycles. The Morgan fingerprint density at radius 1 is 0.931 bits per heavy atom. The Labute approximate surface area is 175 Å². The lowest BCUT2D eigenvalue weighted by Crippen LogP contribution is -2.40. The molecule has 0 bridgehead atoms. The van der Waals surface area contributed by atoms with Gasteiger partial charge in [0.25, 0.3) is 0 Å². The van der Waals surface area contributed by atoms with Gasteiger partial charge in [-0.3, -0.25) is 0 Å². The van der Waals surface area contributed by atoms with Crippen LogP contribution in [-0.4, -0.2) is 27.2 Å². The second-order valence-corrected chi connectivity index (χ2v) is 8.74. The predicted molar refractivity (Wildman–Crippen MR) is 122 cm³/mol. The SMILES string of the molecule is CCC(CC)N1CCCc2c(C)nc3c(-c4c(C)cc(C)cc4C)c(C)nn3c21. The van der Waals surface area contributed by atoms with Gasteiger partial charge in [0, 0.05) is 23.8 Å². The minimum Gasteiger partial charge on any atom is -0.353 e. The molecular weight excluding hydrogens is 356 g/mol. The molecule has 0 N–H and O–H groups in total. The molecule has 0 unspecified atom stereocenters. The van der Waals surface area contributed by atoms with Crippen molar-refractivity contribution in [3.05, 3.63) is 45.8 Å². The van der Waals surface area contributed by atoms with Crippen molar-refractivity contribution in [3.63, 3.8) is 0 Å². The largest absolute Gasteiger partial charge is 0.353 e. The lowest BCUT2D eigenvalue weighted by atomic mass is 9.93. The van der Waals surface area contributed by atoms with E-state index in [-0.39, 0.29) is 0 Å². The minimum atomic E-state index is 0.551. The summed E-state index contributed by atoms with van der Waals surface area (Å²) in [5.74, 6) is 1.28. The van der Waals surface area contributed by atoms with Gasteiger partial charge in [-0.1, -0.05) is 31.5 Å². The van der Waals surface area contributed by atoms with E-state index in [0.29, 0.717) is 6.04 Å². The van der Waals surface area contributed by atoms with Gasteiger partial charge in [0.1, 0.15) is 5.82 Å². The molecule has 0 aliphatic carbocycles. The fourth-order valence-corrected chi connectivity index (χ4v) is 5.35. The van der Waals surface area contributed by atoms with Crippen LogP contribution in [0.25, 0.3) is 16.8 Å². The maximum atomic E-state index is 5.11. The maximum Gasteiger partial charge on any atom is 0.165 e. The fraction of sp³-hybridized carbons (Fsp3) is 0.520. The van der Waals surface area contributed by atoms with Crippen molar-refractivity contribution >= 4 is 11.5 Å². The monoisotopic (exact) mass is 390 g/mol. The first kappa shape index (κ1) is 19.9. The van der Waals surface area contributed by atoms with Crippen LogP contribution < -0.4 is 4.90 Å². The quantitative estimate of drug-likeness (QED) is 0.558. The molecule has 29 heavy (non-hydrogen) atoms. The van der Waals surface area contributed by atoms with Crippen molar-refractivity contribution in [3.8, 4) is 11.1 Å². The molecular formula is C25H34N4.